The first-order valence-corrected chi connectivity index (χ1v) is 27.0. The standard InChI is InChI=1S/2C11H19Si.2CH3.2ClH.H2Si.Ti/c2*1-9(2)10-6-7-11(8-10)12(3,4)5;;;;;;/h2*8-9H,6H2,1-5H3;2*1H3;2*1H;1H2;. The fourth-order valence-corrected chi connectivity index (χ4v) is 24.9. The summed E-state index contributed by atoms with van der Waals surface area (Å²) >= 11 is -2.96. The fraction of sp³-hybridized carbons (Fsp3) is 0.667. The van der Waals surface area contributed by atoms with Gasteiger partial charge < -0.3 is 0 Å². The zero-order valence-electron chi connectivity index (χ0n) is 21.7. The van der Waals surface area contributed by atoms with E-state index in [2.05, 4.69) is 97.2 Å². The zero-order valence-corrected chi connectivity index (χ0v) is 28.4. The first-order valence-electron chi connectivity index (χ1n) is 11.3. The molecular weight excluding hydrogens is 491 g/mol. The van der Waals surface area contributed by atoms with Gasteiger partial charge in [0.1, 0.15) is 0 Å². The minimum Gasteiger partial charge on any atom is -0.147 e. The van der Waals surface area contributed by atoms with Gasteiger partial charge in [0.2, 0.25) is 0 Å². The molecule has 2 aliphatic carbocycles. The van der Waals surface area contributed by atoms with Gasteiger partial charge in [0.05, 0.1) is 0 Å². The Morgan fingerprint density at radius 3 is 1.17 bits per heavy atom. The minimum absolute atomic E-state index is 0. The maximum Gasteiger partial charge on any atom is -0.147 e. The normalized spacial score (nSPS) is 18.6. The monoisotopic (exact) mass is 538 g/mol. The van der Waals surface area contributed by atoms with Crippen LogP contribution in [0.3, 0.4) is 0 Å². The van der Waals surface area contributed by atoms with E-state index in [0.29, 0.717) is 11.8 Å². The molecule has 174 valence electrons. The molecule has 0 fully saturated rings. The molecule has 0 radical (unpaired) electrons. The molecule has 0 saturated carbocycles. The Balaban J connectivity index is 0.00000420. The molecule has 0 N–H and O–H groups in total. The number of hydrogen-bond donors (Lipinski definition) is 0. The van der Waals surface area contributed by atoms with E-state index in [-0.39, 0.29) is 24.8 Å². The number of allylic oxidation sites excluding steroid dienone is 8. The summed E-state index contributed by atoms with van der Waals surface area (Å²) in [5.41, 5.74) is 3.40. The Morgan fingerprint density at radius 2 is 0.967 bits per heavy atom. The van der Waals surface area contributed by atoms with Crippen LogP contribution in [0.5, 0.6) is 0 Å². The molecule has 2 aliphatic rings. The molecule has 6 heteroatoms. The van der Waals surface area contributed by atoms with E-state index in [1.54, 1.807) is 11.1 Å². The van der Waals surface area contributed by atoms with Gasteiger partial charge in [0.15, 0.2) is 0 Å². The van der Waals surface area contributed by atoms with Gasteiger partial charge in [-0.05, 0) is 0 Å². The van der Waals surface area contributed by atoms with Crippen molar-refractivity contribution >= 4 is 48.6 Å². The van der Waals surface area contributed by atoms with Gasteiger partial charge in [-0.25, -0.2) is 0 Å². The van der Waals surface area contributed by atoms with Crippen LogP contribution in [0, 0.1) is 11.8 Å². The molecule has 0 nitrogen and oxygen atoms in total. The molecule has 0 spiro atoms. The molecule has 2 rings (SSSR count). The third kappa shape index (κ3) is 6.07. The molecule has 0 aliphatic heterocycles. The van der Waals surface area contributed by atoms with E-state index in [1.165, 1.54) is 12.8 Å². The van der Waals surface area contributed by atoms with Crippen molar-refractivity contribution in [1.82, 2.24) is 0 Å². The Morgan fingerprint density at radius 1 is 0.700 bits per heavy atom. The summed E-state index contributed by atoms with van der Waals surface area (Å²) in [5.74, 6) is 1.35. The second-order valence-corrected chi connectivity index (χ2v) is 42.2. The molecule has 0 aromatic carbocycles. The molecule has 30 heavy (non-hydrogen) atoms. The average Bonchev–Trinajstić information content (AvgIpc) is 3.12. The van der Waals surface area contributed by atoms with Crippen molar-refractivity contribution in [2.24, 2.45) is 11.8 Å². The van der Waals surface area contributed by atoms with E-state index < -0.39 is 30.2 Å². The minimum atomic E-state index is -2.96. The average molecular weight is 540 g/mol. The van der Waals surface area contributed by atoms with Crippen LogP contribution in [-0.2, 0) is 14.0 Å². The summed E-state index contributed by atoms with van der Waals surface area (Å²) < 4.78 is 3.87. The van der Waals surface area contributed by atoms with Crippen LogP contribution in [0.2, 0.25) is 49.7 Å². The molecule has 0 unspecified atom stereocenters. The maximum absolute atomic E-state index is 2.96. The fourth-order valence-electron chi connectivity index (χ4n) is 4.94. The third-order valence-corrected chi connectivity index (χ3v) is 23.0. The van der Waals surface area contributed by atoms with Gasteiger partial charge in [-0.2, -0.15) is 0 Å². The second kappa shape index (κ2) is 9.64. The smallest absolute Gasteiger partial charge is 0.147 e. The summed E-state index contributed by atoms with van der Waals surface area (Å²) in [7, 11) is -0.254. The van der Waals surface area contributed by atoms with Crippen molar-refractivity contribution < 1.29 is 14.0 Å². The van der Waals surface area contributed by atoms with E-state index in [4.69, 9.17) is 0 Å². The number of halogens is 2. The van der Waals surface area contributed by atoms with Gasteiger partial charge in [0.25, 0.3) is 0 Å². The molecule has 0 aromatic heterocycles. The van der Waals surface area contributed by atoms with Crippen LogP contribution in [0.1, 0.15) is 40.5 Å². The molecule has 0 bridgehead atoms. The Hall–Kier alpha value is 0.905. The third-order valence-electron chi connectivity index (χ3n) is 7.11. The molecule has 0 amide bonds. The summed E-state index contributed by atoms with van der Waals surface area (Å²) in [6.45, 7) is 24.9. The SMILES string of the molecule is CC(C)C1=CC([Si](C)(C)C)=[C]([Ti]([CH3])([CH3])(=[SiH2])[C]2=C([Si](C)(C)C)C=C(C(C)C)C2)C1.Cl.Cl. The van der Waals surface area contributed by atoms with Crippen molar-refractivity contribution in [3.8, 4) is 0 Å². The Kier molecular flexibility index (Phi) is 9.93. The predicted molar refractivity (Wildman–Crippen MR) is 151 cm³/mol. The molecule has 0 atom stereocenters. The van der Waals surface area contributed by atoms with Crippen molar-refractivity contribution in [2.75, 3.05) is 0 Å². The summed E-state index contributed by atoms with van der Waals surface area (Å²) in [5, 5.41) is 9.14. The van der Waals surface area contributed by atoms with Crippen LogP contribution in [0.25, 0.3) is 0 Å². The van der Waals surface area contributed by atoms with Gasteiger partial charge in [-0.1, -0.05) is 0 Å². The summed E-state index contributed by atoms with van der Waals surface area (Å²) in [4.78, 5) is 0. The van der Waals surface area contributed by atoms with E-state index in [1.807, 2.05) is 18.1 Å². The number of rotatable bonds is 6. The molecule has 0 saturated heterocycles. The van der Waals surface area contributed by atoms with Crippen LogP contribution in [0.4, 0.5) is 0 Å². The van der Waals surface area contributed by atoms with Crippen LogP contribution >= 0.6 is 24.8 Å². The summed E-state index contributed by atoms with van der Waals surface area (Å²) in [6, 6.07) is 0. The van der Waals surface area contributed by atoms with Gasteiger partial charge in [-0.3, -0.25) is 0 Å². The predicted octanol–water partition coefficient (Wildman–Crippen LogP) is 8.40. The largest absolute Gasteiger partial charge is 0.147 e. The number of hydrogen-bond acceptors (Lipinski definition) is 0. The molecule has 0 heterocycles. The van der Waals surface area contributed by atoms with Crippen molar-refractivity contribution in [3.63, 3.8) is 0 Å². The van der Waals surface area contributed by atoms with Crippen molar-refractivity contribution in [2.45, 2.75) is 90.3 Å². The van der Waals surface area contributed by atoms with Crippen molar-refractivity contribution in [1.29, 1.82) is 0 Å². The molecule has 0 aromatic rings. The van der Waals surface area contributed by atoms with E-state index >= 15 is 0 Å². The molecular formula is C24H48Cl2Si3Ti. The Bertz CT molecular complexity index is 801. The van der Waals surface area contributed by atoms with E-state index in [0.717, 1.165) is 0 Å². The van der Waals surface area contributed by atoms with Crippen LogP contribution < -0.4 is 0 Å². The van der Waals surface area contributed by atoms with Gasteiger partial charge >= 0.3 is 181 Å². The zero-order chi connectivity index (χ0) is 21.9. The van der Waals surface area contributed by atoms with Gasteiger partial charge in [0, 0.05) is 0 Å². The first-order chi connectivity index (χ1) is 12.3. The van der Waals surface area contributed by atoms with Crippen LogP contribution in [0.15, 0.2) is 41.4 Å². The van der Waals surface area contributed by atoms with Crippen molar-refractivity contribution in [3.05, 3.63) is 41.4 Å². The van der Waals surface area contributed by atoms with Crippen LogP contribution in [-0.4, -0.2) is 23.8 Å². The topological polar surface area (TPSA) is 0 Å². The first kappa shape index (κ1) is 30.9. The second-order valence-electron chi connectivity index (χ2n) is 13.1. The summed E-state index contributed by atoms with van der Waals surface area (Å²) in [6.07, 6.45) is 7.86. The maximum atomic E-state index is 2.76. The van der Waals surface area contributed by atoms with E-state index in [9.17, 15) is 0 Å². The quantitative estimate of drug-likeness (QED) is 0.297. The Labute approximate surface area is 204 Å². The van der Waals surface area contributed by atoms with Gasteiger partial charge in [-0.15, -0.1) is 24.8 Å².